The van der Waals surface area contributed by atoms with Crippen LogP contribution in [0.4, 0.5) is 0 Å². The maximum atomic E-state index is 11.9. The SMILES string of the molecule is Cc1nc(CCNC(=O)C2=NN(C)C(=O)CC2)sc1C. The van der Waals surface area contributed by atoms with Crippen molar-refractivity contribution < 1.29 is 9.59 Å². The molecule has 1 aromatic heterocycles. The van der Waals surface area contributed by atoms with Gasteiger partial charge in [-0.2, -0.15) is 5.10 Å². The lowest BCUT2D eigenvalue weighted by Crippen LogP contribution is -2.38. The lowest BCUT2D eigenvalue weighted by atomic mass is 10.1. The number of hydrogen-bond acceptors (Lipinski definition) is 5. The molecule has 0 atom stereocenters. The topological polar surface area (TPSA) is 74.7 Å². The molecule has 0 radical (unpaired) electrons. The minimum absolute atomic E-state index is 0.0599. The molecule has 2 rings (SSSR count). The molecule has 0 fully saturated rings. The molecule has 0 unspecified atom stereocenters. The fourth-order valence-electron chi connectivity index (χ4n) is 1.86. The van der Waals surface area contributed by atoms with Gasteiger partial charge < -0.3 is 5.32 Å². The lowest BCUT2D eigenvalue weighted by molar-refractivity contribution is -0.130. The van der Waals surface area contributed by atoms with Crippen molar-refractivity contribution in [3.8, 4) is 0 Å². The summed E-state index contributed by atoms with van der Waals surface area (Å²) in [5, 5.41) is 9.06. The van der Waals surface area contributed by atoms with Gasteiger partial charge in [-0.3, -0.25) is 9.59 Å². The molecule has 7 heteroatoms. The van der Waals surface area contributed by atoms with E-state index in [1.807, 2.05) is 13.8 Å². The molecule has 0 saturated heterocycles. The molecule has 1 N–H and O–H groups in total. The summed E-state index contributed by atoms with van der Waals surface area (Å²) in [6, 6.07) is 0. The van der Waals surface area contributed by atoms with Crippen molar-refractivity contribution in [3.05, 3.63) is 15.6 Å². The van der Waals surface area contributed by atoms with E-state index in [9.17, 15) is 9.59 Å². The Balaban J connectivity index is 1.84. The molecular weight excluding hydrogens is 276 g/mol. The molecule has 0 spiro atoms. The number of nitrogens with zero attached hydrogens (tertiary/aromatic N) is 3. The summed E-state index contributed by atoms with van der Waals surface area (Å²) >= 11 is 1.66. The molecule has 108 valence electrons. The molecular formula is C13H18N4O2S. The number of aryl methyl sites for hydroxylation is 2. The van der Waals surface area contributed by atoms with Crippen molar-refractivity contribution in [2.45, 2.75) is 33.1 Å². The zero-order valence-corrected chi connectivity index (χ0v) is 12.7. The standard InChI is InChI=1S/C13H18N4O2S/c1-8-9(2)20-11(15-8)6-7-14-13(19)10-4-5-12(18)17(3)16-10/h4-7H2,1-3H3,(H,14,19). The summed E-state index contributed by atoms with van der Waals surface area (Å²) in [4.78, 5) is 28.8. The fourth-order valence-corrected chi connectivity index (χ4v) is 2.80. The first-order valence-corrected chi connectivity index (χ1v) is 7.34. The van der Waals surface area contributed by atoms with Gasteiger partial charge in [-0.05, 0) is 13.8 Å². The molecule has 1 aliphatic heterocycles. The second-order valence-electron chi connectivity index (χ2n) is 4.72. The average molecular weight is 294 g/mol. The van der Waals surface area contributed by atoms with Crippen LogP contribution >= 0.6 is 11.3 Å². The molecule has 0 bridgehead atoms. The van der Waals surface area contributed by atoms with Gasteiger partial charge >= 0.3 is 0 Å². The van der Waals surface area contributed by atoms with Crippen LogP contribution in [-0.4, -0.2) is 41.1 Å². The Morgan fingerprint density at radius 3 is 2.75 bits per heavy atom. The highest BCUT2D eigenvalue weighted by Crippen LogP contribution is 2.16. The van der Waals surface area contributed by atoms with Gasteiger partial charge in [0.15, 0.2) is 0 Å². The van der Waals surface area contributed by atoms with Crippen molar-refractivity contribution >= 4 is 28.9 Å². The number of amides is 2. The van der Waals surface area contributed by atoms with Gasteiger partial charge in [0.2, 0.25) is 5.91 Å². The highest BCUT2D eigenvalue weighted by atomic mass is 32.1. The van der Waals surface area contributed by atoms with E-state index < -0.39 is 0 Å². The van der Waals surface area contributed by atoms with Crippen molar-refractivity contribution in [2.24, 2.45) is 5.10 Å². The summed E-state index contributed by atoms with van der Waals surface area (Å²) in [5.74, 6) is -0.260. The summed E-state index contributed by atoms with van der Waals surface area (Å²) in [6.45, 7) is 4.55. The van der Waals surface area contributed by atoms with Crippen LogP contribution in [0.15, 0.2) is 5.10 Å². The quantitative estimate of drug-likeness (QED) is 0.901. The number of thiazole rings is 1. The Hall–Kier alpha value is -1.76. The normalized spacial score (nSPS) is 15.2. The second kappa shape index (κ2) is 6.13. The van der Waals surface area contributed by atoms with Crippen molar-refractivity contribution in [3.63, 3.8) is 0 Å². The molecule has 2 amide bonds. The van der Waals surface area contributed by atoms with Crippen molar-refractivity contribution in [1.82, 2.24) is 15.3 Å². The van der Waals surface area contributed by atoms with Crippen LogP contribution in [0, 0.1) is 13.8 Å². The van der Waals surface area contributed by atoms with Gasteiger partial charge in [-0.15, -0.1) is 11.3 Å². The van der Waals surface area contributed by atoms with Crippen LogP contribution in [0.3, 0.4) is 0 Å². The number of rotatable bonds is 4. The van der Waals surface area contributed by atoms with E-state index in [0.717, 1.165) is 10.7 Å². The van der Waals surface area contributed by atoms with Gasteiger partial charge in [-0.1, -0.05) is 0 Å². The Morgan fingerprint density at radius 2 is 2.15 bits per heavy atom. The summed E-state index contributed by atoms with van der Waals surface area (Å²) in [5.41, 5.74) is 1.46. The van der Waals surface area contributed by atoms with Gasteiger partial charge in [0.1, 0.15) is 5.71 Å². The zero-order chi connectivity index (χ0) is 14.7. The van der Waals surface area contributed by atoms with Crippen molar-refractivity contribution in [1.29, 1.82) is 0 Å². The predicted octanol–water partition coefficient (Wildman–Crippen LogP) is 1.03. The first-order chi connectivity index (χ1) is 9.47. The largest absolute Gasteiger partial charge is 0.351 e. The number of hydrazone groups is 1. The highest BCUT2D eigenvalue weighted by molar-refractivity contribution is 7.11. The number of carbonyl (C=O) groups is 2. The number of carbonyl (C=O) groups excluding carboxylic acids is 2. The predicted molar refractivity (Wildman–Crippen MR) is 77.7 cm³/mol. The van der Waals surface area contributed by atoms with Crippen LogP contribution in [0.5, 0.6) is 0 Å². The van der Waals surface area contributed by atoms with Gasteiger partial charge in [0.05, 0.1) is 10.7 Å². The van der Waals surface area contributed by atoms with E-state index >= 15 is 0 Å². The van der Waals surface area contributed by atoms with E-state index in [1.165, 1.54) is 9.89 Å². The number of hydrogen-bond donors (Lipinski definition) is 1. The van der Waals surface area contributed by atoms with E-state index in [0.29, 0.717) is 31.5 Å². The summed E-state index contributed by atoms with van der Waals surface area (Å²) < 4.78 is 0. The monoisotopic (exact) mass is 294 g/mol. The molecule has 0 aliphatic carbocycles. The maximum absolute atomic E-state index is 11.9. The second-order valence-corrected chi connectivity index (χ2v) is 6.01. The highest BCUT2D eigenvalue weighted by Gasteiger charge is 2.21. The fraction of sp³-hybridized carbons (Fsp3) is 0.538. The molecule has 6 nitrogen and oxygen atoms in total. The number of nitrogens with one attached hydrogen (secondary N) is 1. The Kier molecular flexibility index (Phi) is 4.49. The molecule has 2 heterocycles. The molecule has 0 aromatic carbocycles. The van der Waals surface area contributed by atoms with E-state index in [4.69, 9.17) is 0 Å². The first kappa shape index (κ1) is 14.6. The van der Waals surface area contributed by atoms with Gasteiger partial charge in [0.25, 0.3) is 5.91 Å². The molecule has 1 aliphatic rings. The minimum Gasteiger partial charge on any atom is -0.351 e. The van der Waals surface area contributed by atoms with Gasteiger partial charge in [-0.25, -0.2) is 9.99 Å². The third kappa shape index (κ3) is 3.41. The smallest absolute Gasteiger partial charge is 0.267 e. The van der Waals surface area contributed by atoms with E-state index in [-0.39, 0.29) is 11.8 Å². The van der Waals surface area contributed by atoms with Gasteiger partial charge in [0, 0.05) is 37.7 Å². The van der Waals surface area contributed by atoms with E-state index in [2.05, 4.69) is 15.4 Å². The Bertz CT molecular complexity index is 545. The van der Waals surface area contributed by atoms with Crippen LogP contribution in [0.1, 0.15) is 28.4 Å². The lowest BCUT2D eigenvalue weighted by Gasteiger charge is -2.18. The van der Waals surface area contributed by atoms with Crippen molar-refractivity contribution in [2.75, 3.05) is 13.6 Å². The third-order valence-electron chi connectivity index (χ3n) is 3.17. The third-order valence-corrected chi connectivity index (χ3v) is 4.30. The zero-order valence-electron chi connectivity index (χ0n) is 11.9. The summed E-state index contributed by atoms with van der Waals surface area (Å²) in [7, 11) is 1.57. The van der Waals surface area contributed by atoms with Crippen LogP contribution in [0.25, 0.3) is 0 Å². The maximum Gasteiger partial charge on any atom is 0.267 e. The Morgan fingerprint density at radius 1 is 1.40 bits per heavy atom. The number of aromatic nitrogens is 1. The molecule has 20 heavy (non-hydrogen) atoms. The average Bonchev–Trinajstić information content (AvgIpc) is 2.72. The Labute approximate surface area is 121 Å². The van der Waals surface area contributed by atoms with E-state index in [1.54, 1.807) is 18.4 Å². The minimum atomic E-state index is -0.200. The molecule has 1 aromatic rings. The summed E-state index contributed by atoms with van der Waals surface area (Å²) in [6.07, 6.45) is 1.46. The van der Waals surface area contributed by atoms with Crippen LogP contribution < -0.4 is 5.32 Å². The van der Waals surface area contributed by atoms with Crippen LogP contribution in [-0.2, 0) is 16.0 Å². The first-order valence-electron chi connectivity index (χ1n) is 6.52. The molecule has 0 saturated carbocycles. The van der Waals surface area contributed by atoms with Crippen LogP contribution in [0.2, 0.25) is 0 Å².